The molecule has 1 unspecified atom stereocenters. The molecule has 0 N–H and O–H groups in total. The van der Waals surface area contributed by atoms with Gasteiger partial charge in [0.2, 0.25) is 0 Å². The van der Waals surface area contributed by atoms with Gasteiger partial charge < -0.3 is 14.2 Å². The van der Waals surface area contributed by atoms with Gasteiger partial charge in [-0.25, -0.2) is 4.79 Å². The van der Waals surface area contributed by atoms with E-state index in [4.69, 9.17) is 14.2 Å². The van der Waals surface area contributed by atoms with Crippen LogP contribution in [0.2, 0.25) is 0 Å². The molecule has 86 valence electrons. The van der Waals surface area contributed by atoms with Crippen molar-refractivity contribution < 1.29 is 23.8 Å². The van der Waals surface area contributed by atoms with Crippen LogP contribution in [0.4, 0.5) is 0 Å². The molecule has 0 saturated carbocycles. The number of fused-ring (bicyclic) bond motifs is 1. The Labute approximate surface area is 92.7 Å². The normalized spacial score (nSPS) is 36.4. The van der Waals surface area contributed by atoms with Crippen LogP contribution in [0.25, 0.3) is 0 Å². The minimum atomic E-state index is -0.617. The second kappa shape index (κ2) is 4.09. The molecule has 0 aromatic heterocycles. The van der Waals surface area contributed by atoms with Crippen molar-refractivity contribution in [1.82, 2.24) is 0 Å². The molecular weight excluding hydrogens is 212 g/mol. The van der Waals surface area contributed by atoms with Gasteiger partial charge in [0.05, 0.1) is 0 Å². The Morgan fingerprint density at radius 3 is 3.00 bits per heavy atom. The lowest BCUT2D eigenvalue weighted by Gasteiger charge is -2.23. The fourth-order valence-corrected chi connectivity index (χ4v) is 1.86. The summed E-state index contributed by atoms with van der Waals surface area (Å²) in [6, 6.07) is 0. The zero-order valence-electron chi connectivity index (χ0n) is 8.79. The van der Waals surface area contributed by atoms with E-state index in [0.717, 1.165) is 0 Å². The van der Waals surface area contributed by atoms with E-state index in [1.54, 1.807) is 6.08 Å². The number of ether oxygens (including phenoxy) is 3. The minimum absolute atomic E-state index is 0.370. The first-order valence-electron chi connectivity index (χ1n) is 4.96. The molecule has 4 atom stereocenters. The summed E-state index contributed by atoms with van der Waals surface area (Å²) in [5.74, 6) is -0.890. The van der Waals surface area contributed by atoms with Gasteiger partial charge in [-0.05, 0) is 6.08 Å². The number of hydrogen-bond donors (Lipinski definition) is 0. The number of hydrogen-bond acceptors (Lipinski definition) is 5. The van der Waals surface area contributed by atoms with Crippen LogP contribution >= 0.6 is 0 Å². The molecule has 1 saturated heterocycles. The summed E-state index contributed by atoms with van der Waals surface area (Å²) in [6.07, 6.45) is 2.43. The maximum atomic E-state index is 11.1. The molecule has 0 bridgehead atoms. The van der Waals surface area contributed by atoms with Crippen LogP contribution in [0.1, 0.15) is 6.92 Å². The van der Waals surface area contributed by atoms with Crippen molar-refractivity contribution in [3.63, 3.8) is 0 Å². The van der Waals surface area contributed by atoms with E-state index in [9.17, 15) is 9.59 Å². The highest BCUT2D eigenvalue weighted by Crippen LogP contribution is 2.30. The first-order chi connectivity index (χ1) is 7.61. The standard InChI is InChI=1S/C11H12O5/c1-3-7-10(14-6(2)12)11-8(15-7)4-5-9(13)16-11/h3-5,7-8,10-11H,1H2,2H3/t7?,8-,10-,11+/m1/s1. The summed E-state index contributed by atoms with van der Waals surface area (Å²) >= 11 is 0. The number of carbonyl (C=O) groups excluding carboxylic acids is 2. The lowest BCUT2D eigenvalue weighted by Crippen LogP contribution is -2.40. The predicted molar refractivity (Wildman–Crippen MR) is 53.4 cm³/mol. The summed E-state index contributed by atoms with van der Waals surface area (Å²) in [7, 11) is 0. The molecule has 2 heterocycles. The van der Waals surface area contributed by atoms with Gasteiger partial charge in [-0.15, -0.1) is 6.58 Å². The predicted octanol–water partition coefficient (Wildman–Crippen LogP) is 0.353. The van der Waals surface area contributed by atoms with Gasteiger partial charge in [-0.3, -0.25) is 4.79 Å². The third-order valence-corrected chi connectivity index (χ3v) is 2.49. The van der Waals surface area contributed by atoms with Gasteiger partial charge >= 0.3 is 11.9 Å². The molecule has 2 aliphatic heterocycles. The molecule has 16 heavy (non-hydrogen) atoms. The Bertz CT molecular complexity index is 359. The number of esters is 2. The monoisotopic (exact) mass is 224 g/mol. The molecule has 2 rings (SSSR count). The van der Waals surface area contributed by atoms with Crippen LogP contribution in [0.15, 0.2) is 24.8 Å². The van der Waals surface area contributed by atoms with Crippen LogP contribution in [-0.4, -0.2) is 36.4 Å². The van der Waals surface area contributed by atoms with Crippen molar-refractivity contribution in [3.8, 4) is 0 Å². The summed E-state index contributed by atoms with van der Waals surface area (Å²) in [6.45, 7) is 4.90. The molecule has 5 heteroatoms. The molecule has 0 amide bonds. The smallest absolute Gasteiger partial charge is 0.331 e. The third kappa shape index (κ3) is 1.86. The Balaban J connectivity index is 2.19. The molecule has 0 aromatic rings. The Hall–Kier alpha value is -1.62. The zero-order chi connectivity index (χ0) is 11.7. The molecule has 2 aliphatic rings. The van der Waals surface area contributed by atoms with Crippen LogP contribution < -0.4 is 0 Å². The SMILES string of the molecule is C=CC1O[C@@H]2C=CC(=O)O[C@@H]2[C@@H]1OC(C)=O. The van der Waals surface area contributed by atoms with Crippen molar-refractivity contribution in [2.75, 3.05) is 0 Å². The summed E-state index contributed by atoms with van der Waals surface area (Å²) < 4.78 is 15.7. The second-order valence-electron chi connectivity index (χ2n) is 3.64. The fraction of sp³-hybridized carbons (Fsp3) is 0.455. The maximum absolute atomic E-state index is 11.1. The van der Waals surface area contributed by atoms with Crippen LogP contribution in [0, 0.1) is 0 Å². The van der Waals surface area contributed by atoms with E-state index in [0.29, 0.717) is 0 Å². The molecular formula is C11H12O5. The molecule has 0 radical (unpaired) electrons. The largest absolute Gasteiger partial charge is 0.455 e. The van der Waals surface area contributed by atoms with Gasteiger partial charge in [0.25, 0.3) is 0 Å². The van der Waals surface area contributed by atoms with Crippen molar-refractivity contribution in [2.45, 2.75) is 31.3 Å². The Kier molecular flexibility index (Phi) is 2.78. The van der Waals surface area contributed by atoms with Gasteiger partial charge in [0, 0.05) is 13.0 Å². The van der Waals surface area contributed by atoms with E-state index in [1.165, 1.54) is 19.1 Å². The van der Waals surface area contributed by atoms with Crippen LogP contribution in [0.5, 0.6) is 0 Å². The van der Waals surface area contributed by atoms with Crippen molar-refractivity contribution in [2.24, 2.45) is 0 Å². The molecule has 5 nitrogen and oxygen atoms in total. The lowest BCUT2D eigenvalue weighted by molar-refractivity contribution is -0.162. The maximum Gasteiger partial charge on any atom is 0.331 e. The first-order valence-corrected chi connectivity index (χ1v) is 4.96. The topological polar surface area (TPSA) is 61.8 Å². The summed E-state index contributed by atoms with van der Waals surface area (Å²) in [4.78, 5) is 22.0. The average molecular weight is 224 g/mol. The van der Waals surface area contributed by atoms with Crippen molar-refractivity contribution >= 4 is 11.9 Å². The average Bonchev–Trinajstić information content (AvgIpc) is 2.56. The van der Waals surface area contributed by atoms with Gasteiger partial charge in [0.15, 0.2) is 12.2 Å². The van der Waals surface area contributed by atoms with E-state index < -0.39 is 30.3 Å². The molecule has 0 aliphatic carbocycles. The number of carbonyl (C=O) groups is 2. The van der Waals surface area contributed by atoms with E-state index in [2.05, 4.69) is 6.58 Å². The molecule has 0 aromatic carbocycles. The highest BCUT2D eigenvalue weighted by atomic mass is 16.6. The van der Waals surface area contributed by atoms with Crippen LogP contribution in [-0.2, 0) is 23.8 Å². The van der Waals surface area contributed by atoms with Crippen LogP contribution in [0.3, 0.4) is 0 Å². The first kappa shape index (κ1) is 10.9. The van der Waals surface area contributed by atoms with Gasteiger partial charge in [0.1, 0.15) is 12.2 Å². The van der Waals surface area contributed by atoms with Crippen molar-refractivity contribution in [3.05, 3.63) is 24.8 Å². The summed E-state index contributed by atoms with van der Waals surface area (Å²) in [5.41, 5.74) is 0. The fourth-order valence-electron chi connectivity index (χ4n) is 1.86. The minimum Gasteiger partial charge on any atom is -0.455 e. The summed E-state index contributed by atoms with van der Waals surface area (Å²) in [5, 5.41) is 0. The second-order valence-corrected chi connectivity index (χ2v) is 3.64. The quantitative estimate of drug-likeness (QED) is 0.500. The van der Waals surface area contributed by atoms with Gasteiger partial charge in [-0.2, -0.15) is 0 Å². The highest BCUT2D eigenvalue weighted by molar-refractivity contribution is 5.83. The van der Waals surface area contributed by atoms with E-state index >= 15 is 0 Å². The molecule has 1 fully saturated rings. The van der Waals surface area contributed by atoms with Crippen molar-refractivity contribution in [1.29, 1.82) is 0 Å². The number of rotatable bonds is 2. The van der Waals surface area contributed by atoms with Gasteiger partial charge in [-0.1, -0.05) is 6.08 Å². The molecule has 0 spiro atoms. The van der Waals surface area contributed by atoms with E-state index in [1.807, 2.05) is 0 Å². The zero-order valence-corrected chi connectivity index (χ0v) is 8.79. The van der Waals surface area contributed by atoms with E-state index in [-0.39, 0.29) is 6.10 Å². The lowest BCUT2D eigenvalue weighted by atomic mass is 10.1. The Morgan fingerprint density at radius 2 is 2.38 bits per heavy atom. The highest BCUT2D eigenvalue weighted by Gasteiger charge is 2.48. The third-order valence-electron chi connectivity index (χ3n) is 2.49. The Morgan fingerprint density at radius 1 is 1.62 bits per heavy atom.